The molecule has 0 saturated heterocycles. The molecule has 0 radical (unpaired) electrons. The first kappa shape index (κ1) is 14.2. The van der Waals surface area contributed by atoms with Gasteiger partial charge in [-0.3, -0.25) is 0 Å². The molecule has 0 aliphatic carbocycles. The maximum atomic E-state index is 13.7. The predicted molar refractivity (Wildman–Crippen MR) is 94.0 cm³/mol. The summed E-state index contributed by atoms with van der Waals surface area (Å²) in [5.74, 6) is -0.180. The second kappa shape index (κ2) is 5.97. The summed E-state index contributed by atoms with van der Waals surface area (Å²) in [4.78, 5) is 2.42. The van der Waals surface area contributed by atoms with Crippen molar-refractivity contribution >= 4 is 28.8 Å². The van der Waals surface area contributed by atoms with Crippen molar-refractivity contribution in [1.82, 2.24) is 0 Å². The molecular weight excluding hydrogens is 307 g/mol. The van der Waals surface area contributed by atoms with Crippen molar-refractivity contribution in [3.63, 3.8) is 0 Å². The zero-order valence-corrected chi connectivity index (χ0v) is 13.2. The van der Waals surface area contributed by atoms with E-state index in [4.69, 9.17) is 0 Å². The third-order valence-electron chi connectivity index (χ3n) is 3.80. The van der Waals surface area contributed by atoms with Crippen LogP contribution in [0.25, 0.3) is 0 Å². The van der Waals surface area contributed by atoms with Gasteiger partial charge >= 0.3 is 0 Å². The fourth-order valence-corrected chi connectivity index (χ4v) is 3.56. The van der Waals surface area contributed by atoms with Crippen LogP contribution in [0.4, 0.5) is 21.5 Å². The third-order valence-corrected chi connectivity index (χ3v) is 4.95. The van der Waals surface area contributed by atoms with Crippen LogP contribution in [0.3, 0.4) is 0 Å². The van der Waals surface area contributed by atoms with E-state index in [1.54, 1.807) is 23.9 Å². The Morgan fingerprint density at radius 1 is 0.870 bits per heavy atom. The monoisotopic (exact) mass is 322 g/mol. The molecule has 0 unspecified atom stereocenters. The van der Waals surface area contributed by atoms with Gasteiger partial charge in [0.1, 0.15) is 5.82 Å². The van der Waals surface area contributed by atoms with Gasteiger partial charge in [0.15, 0.2) is 0 Å². The molecular formula is C19H15FN2S. The van der Waals surface area contributed by atoms with E-state index in [-0.39, 0.29) is 5.82 Å². The second-order valence-corrected chi connectivity index (χ2v) is 6.46. The van der Waals surface area contributed by atoms with Crippen molar-refractivity contribution < 1.29 is 4.39 Å². The van der Waals surface area contributed by atoms with E-state index in [2.05, 4.69) is 34.9 Å². The molecule has 0 spiro atoms. The molecule has 3 aromatic carbocycles. The SMILES string of the molecule is Fc1ccccc1CNc1ccc2c(c1)Nc1ccccc1S2. The van der Waals surface area contributed by atoms with Gasteiger partial charge in [0.05, 0.1) is 11.4 Å². The molecule has 3 aromatic rings. The number of fused-ring (bicyclic) bond motifs is 2. The lowest BCUT2D eigenvalue weighted by Crippen LogP contribution is -2.04. The number of nitrogens with one attached hydrogen (secondary N) is 2. The maximum Gasteiger partial charge on any atom is 0.128 e. The summed E-state index contributed by atoms with van der Waals surface area (Å²) in [6, 6.07) is 21.3. The van der Waals surface area contributed by atoms with E-state index < -0.39 is 0 Å². The molecule has 4 rings (SSSR count). The molecule has 0 aromatic heterocycles. The summed E-state index contributed by atoms with van der Waals surface area (Å²) < 4.78 is 13.7. The molecule has 114 valence electrons. The molecule has 4 heteroatoms. The average molecular weight is 322 g/mol. The molecule has 0 amide bonds. The van der Waals surface area contributed by atoms with Gasteiger partial charge in [-0.05, 0) is 36.4 Å². The zero-order chi connectivity index (χ0) is 15.6. The molecule has 0 fully saturated rings. The summed E-state index contributed by atoms with van der Waals surface area (Å²) in [6.45, 7) is 0.467. The van der Waals surface area contributed by atoms with Gasteiger partial charge in [-0.15, -0.1) is 0 Å². The molecule has 2 nitrogen and oxygen atoms in total. The number of rotatable bonds is 3. The van der Waals surface area contributed by atoms with E-state index in [0.29, 0.717) is 12.1 Å². The van der Waals surface area contributed by atoms with E-state index >= 15 is 0 Å². The lowest BCUT2D eigenvalue weighted by atomic mass is 10.2. The van der Waals surface area contributed by atoms with E-state index in [9.17, 15) is 4.39 Å². The van der Waals surface area contributed by atoms with Crippen molar-refractivity contribution in [3.05, 3.63) is 78.1 Å². The molecule has 2 N–H and O–H groups in total. The third kappa shape index (κ3) is 2.90. The Bertz CT molecular complexity index is 863. The Hall–Kier alpha value is -2.46. The molecule has 23 heavy (non-hydrogen) atoms. The van der Waals surface area contributed by atoms with Crippen LogP contribution in [0.15, 0.2) is 76.5 Å². The summed E-state index contributed by atoms with van der Waals surface area (Å²) in [5, 5.41) is 6.74. The highest BCUT2D eigenvalue weighted by Gasteiger charge is 2.15. The minimum absolute atomic E-state index is 0.180. The Morgan fingerprint density at radius 2 is 1.65 bits per heavy atom. The highest BCUT2D eigenvalue weighted by atomic mass is 32.2. The fraction of sp³-hybridized carbons (Fsp3) is 0.0526. The normalized spacial score (nSPS) is 12.0. The molecule has 1 aliphatic rings. The van der Waals surface area contributed by atoms with Gasteiger partial charge < -0.3 is 10.6 Å². The smallest absolute Gasteiger partial charge is 0.128 e. The van der Waals surface area contributed by atoms with Crippen LogP contribution in [-0.2, 0) is 6.54 Å². The van der Waals surface area contributed by atoms with E-state index in [0.717, 1.165) is 17.1 Å². The molecule has 1 heterocycles. The van der Waals surface area contributed by atoms with Crippen LogP contribution >= 0.6 is 11.8 Å². The Balaban J connectivity index is 1.53. The first-order valence-electron chi connectivity index (χ1n) is 7.45. The van der Waals surface area contributed by atoms with Crippen molar-refractivity contribution in [2.45, 2.75) is 16.3 Å². The lowest BCUT2D eigenvalue weighted by Gasteiger charge is -2.21. The highest BCUT2D eigenvalue weighted by molar-refractivity contribution is 7.99. The van der Waals surface area contributed by atoms with Crippen LogP contribution in [-0.4, -0.2) is 0 Å². The fourth-order valence-electron chi connectivity index (χ4n) is 2.59. The molecule has 0 saturated carbocycles. The second-order valence-electron chi connectivity index (χ2n) is 5.38. The first-order chi connectivity index (χ1) is 11.3. The van der Waals surface area contributed by atoms with Crippen LogP contribution in [0.5, 0.6) is 0 Å². The van der Waals surface area contributed by atoms with Gasteiger partial charge in [0.25, 0.3) is 0 Å². The first-order valence-corrected chi connectivity index (χ1v) is 8.26. The predicted octanol–water partition coefficient (Wildman–Crippen LogP) is 5.65. The van der Waals surface area contributed by atoms with Crippen molar-refractivity contribution in [1.29, 1.82) is 0 Å². The number of benzene rings is 3. The minimum atomic E-state index is -0.180. The van der Waals surface area contributed by atoms with Gasteiger partial charge in [0.2, 0.25) is 0 Å². The Labute approximate surface area is 138 Å². The number of hydrogen-bond donors (Lipinski definition) is 2. The molecule has 0 bridgehead atoms. The van der Waals surface area contributed by atoms with E-state index in [1.807, 2.05) is 24.3 Å². The van der Waals surface area contributed by atoms with Gasteiger partial charge in [-0.25, -0.2) is 4.39 Å². The Kier molecular flexibility index (Phi) is 3.67. The minimum Gasteiger partial charge on any atom is -0.381 e. The topological polar surface area (TPSA) is 24.1 Å². The average Bonchev–Trinajstić information content (AvgIpc) is 2.59. The van der Waals surface area contributed by atoms with Crippen LogP contribution < -0.4 is 10.6 Å². The summed E-state index contributed by atoms with van der Waals surface area (Å²) >= 11 is 1.76. The summed E-state index contributed by atoms with van der Waals surface area (Å²) in [7, 11) is 0. The van der Waals surface area contributed by atoms with Crippen molar-refractivity contribution in [2.24, 2.45) is 0 Å². The maximum absolute atomic E-state index is 13.7. The summed E-state index contributed by atoms with van der Waals surface area (Å²) in [5.41, 5.74) is 3.83. The van der Waals surface area contributed by atoms with Gasteiger partial charge in [-0.1, -0.05) is 42.1 Å². The Morgan fingerprint density at radius 3 is 2.57 bits per heavy atom. The van der Waals surface area contributed by atoms with Crippen molar-refractivity contribution in [2.75, 3.05) is 10.6 Å². The molecule has 1 aliphatic heterocycles. The standard InChI is InChI=1S/C19H15FN2S/c20-15-6-2-1-5-13(15)12-21-14-9-10-19-17(11-14)22-16-7-3-4-8-18(16)23-19/h1-11,21-22H,12H2. The van der Waals surface area contributed by atoms with Gasteiger partial charge in [-0.2, -0.15) is 0 Å². The largest absolute Gasteiger partial charge is 0.381 e. The van der Waals surface area contributed by atoms with E-state index in [1.165, 1.54) is 15.9 Å². The quantitative estimate of drug-likeness (QED) is 0.510. The molecule has 0 atom stereocenters. The van der Waals surface area contributed by atoms with Crippen molar-refractivity contribution in [3.8, 4) is 0 Å². The van der Waals surface area contributed by atoms with Crippen LogP contribution in [0.2, 0.25) is 0 Å². The zero-order valence-electron chi connectivity index (χ0n) is 12.3. The number of para-hydroxylation sites is 1. The van der Waals surface area contributed by atoms with Crippen LogP contribution in [0.1, 0.15) is 5.56 Å². The number of hydrogen-bond acceptors (Lipinski definition) is 3. The van der Waals surface area contributed by atoms with Crippen LogP contribution in [0, 0.1) is 5.82 Å². The number of halogens is 1. The summed E-state index contributed by atoms with van der Waals surface area (Å²) in [6.07, 6.45) is 0. The van der Waals surface area contributed by atoms with Gasteiger partial charge in [0, 0.05) is 27.6 Å². The highest BCUT2D eigenvalue weighted by Crippen LogP contribution is 2.44. The number of anilines is 3. The lowest BCUT2D eigenvalue weighted by molar-refractivity contribution is 0.613.